The molecule has 0 amide bonds. The summed E-state index contributed by atoms with van der Waals surface area (Å²) in [6.07, 6.45) is 7.78. The zero-order valence-corrected chi connectivity index (χ0v) is 16.9. The number of hydrogen-bond donors (Lipinski definition) is 0. The largest absolute Gasteiger partial charge is 0.577 e. The van der Waals surface area contributed by atoms with Crippen LogP contribution in [0, 0.1) is 32.6 Å². The van der Waals surface area contributed by atoms with Gasteiger partial charge in [0.05, 0.1) is 7.45 Å². The molecule has 1 rings (SSSR count). The molecule has 1 aliphatic carbocycles. The number of rotatable bonds is 0. The summed E-state index contributed by atoms with van der Waals surface area (Å²) < 4.78 is 14.4. The fourth-order valence-electron chi connectivity index (χ4n) is 0.457. The molecule has 0 radical (unpaired) electrons. The van der Waals surface area contributed by atoms with Crippen molar-refractivity contribution >= 4 is 7.92 Å². The Balaban J connectivity index is -0.0000000360. The van der Waals surface area contributed by atoms with Gasteiger partial charge < -0.3 is 31.8 Å². The third-order valence-corrected chi connectivity index (χ3v) is 0.767. The van der Waals surface area contributed by atoms with Gasteiger partial charge in [0, 0.05) is 67.7 Å². The van der Waals surface area contributed by atoms with Crippen LogP contribution in [-0.4, -0.2) is 20.0 Å². The maximum Gasteiger partial charge on any atom is 0.0893 e. The van der Waals surface area contributed by atoms with E-state index < -0.39 is 0 Å². The Kier molecular flexibility index (Phi) is 64.5. The smallest absolute Gasteiger partial charge is 0.0893 e. The third kappa shape index (κ3) is 95.8. The maximum atomic E-state index is 7.25. The van der Waals surface area contributed by atoms with Gasteiger partial charge in [0.25, 0.3) is 0 Å². The molecule has 0 spiro atoms. The van der Waals surface area contributed by atoms with E-state index >= 15 is 0 Å². The van der Waals surface area contributed by atoms with Crippen molar-refractivity contribution in [3.63, 3.8) is 0 Å². The van der Waals surface area contributed by atoms with Gasteiger partial charge in [0.1, 0.15) is 0 Å². The fraction of sp³-hybridized carbons (Fsp3) is 0.571. The van der Waals surface area contributed by atoms with Gasteiger partial charge in [0.15, 0.2) is 0 Å². The van der Waals surface area contributed by atoms with Crippen LogP contribution in [0.1, 0.15) is 35.8 Å². The predicted molar refractivity (Wildman–Crippen MR) is 88.6 cm³/mol. The Morgan fingerprint density at radius 3 is 1.78 bits per heavy atom. The second kappa shape index (κ2) is 43.3. The first-order chi connectivity index (χ1) is 7.95. The maximum absolute atomic E-state index is 7.25. The van der Waals surface area contributed by atoms with Crippen molar-refractivity contribution in [2.24, 2.45) is 0 Å². The second-order valence-electron chi connectivity index (χ2n) is 3.36. The van der Waals surface area contributed by atoms with E-state index in [4.69, 9.17) is 13.2 Å². The summed E-state index contributed by atoms with van der Waals surface area (Å²) in [5.41, 5.74) is 5.75. The minimum absolute atomic E-state index is 0. The minimum atomic E-state index is -0.292. The van der Waals surface area contributed by atoms with E-state index in [1.807, 2.05) is 32.4 Å². The average Bonchev–Trinajstić information content (AvgIpc) is 2.26. The van der Waals surface area contributed by atoms with E-state index in [-0.39, 0.29) is 56.6 Å². The normalized spacial score (nSPS) is 19.7. The topological polar surface area (TPSA) is 39.4 Å². The molecule has 0 aromatic carbocycles. The van der Waals surface area contributed by atoms with Crippen LogP contribution in [0.3, 0.4) is 0 Å². The summed E-state index contributed by atoms with van der Waals surface area (Å²) in [5.74, 6) is 0. The molecule has 0 aliphatic heterocycles. The van der Waals surface area contributed by atoms with Gasteiger partial charge in [-0.05, 0) is 14.3 Å². The van der Waals surface area contributed by atoms with E-state index in [9.17, 15) is 0 Å². The van der Waals surface area contributed by atoms with Gasteiger partial charge in [-0.3, -0.25) is 0 Å². The molecule has 0 heterocycles. The quantitative estimate of drug-likeness (QED) is 0.359. The Morgan fingerprint density at radius 2 is 1.61 bits per heavy atom. The van der Waals surface area contributed by atoms with E-state index in [0.29, 0.717) is 0 Å². The van der Waals surface area contributed by atoms with Crippen LogP contribution in [0.5, 0.6) is 0 Å². The van der Waals surface area contributed by atoms with Crippen LogP contribution in [0.25, 0.3) is 5.59 Å². The van der Waals surface area contributed by atoms with Gasteiger partial charge in [-0.1, -0.05) is 0 Å². The molecule has 18 heavy (non-hydrogen) atoms. The molecular formula is C14H32NOPW-2. The Bertz CT molecular complexity index is 160. The van der Waals surface area contributed by atoms with Crippen LogP contribution in [0.2, 0.25) is 0 Å². The summed E-state index contributed by atoms with van der Waals surface area (Å²) in [4.78, 5) is 7.25. The summed E-state index contributed by atoms with van der Waals surface area (Å²) in [6.45, 7) is 10.8. The van der Waals surface area contributed by atoms with Crippen LogP contribution in [-0.2, 0) is 21.1 Å². The SMILES string of the molecule is C[CH-]C.C[PH+](C)C.[2H][C@@H]1CC=C[CH+][C@@H]1[2H].[CH3-].[CH3-].[N-]=O.[W]. The summed E-state index contributed by atoms with van der Waals surface area (Å²) in [5, 5.41) is 0. The van der Waals surface area contributed by atoms with Gasteiger partial charge in [-0.2, -0.15) is 13.8 Å². The number of hydrogen-bond acceptors (Lipinski definition) is 1. The molecular weight excluding hydrogens is 413 g/mol. The molecule has 1 aliphatic rings. The molecule has 0 fully saturated rings. The van der Waals surface area contributed by atoms with E-state index in [0.717, 1.165) is 6.42 Å². The first-order valence-electron chi connectivity index (χ1n) is 6.14. The van der Waals surface area contributed by atoms with Crippen molar-refractivity contribution in [2.45, 2.75) is 33.1 Å². The summed E-state index contributed by atoms with van der Waals surface area (Å²) in [7, 11) is 0.120. The van der Waals surface area contributed by atoms with Crippen molar-refractivity contribution in [3.05, 3.63) is 50.3 Å². The van der Waals surface area contributed by atoms with Gasteiger partial charge in [0.2, 0.25) is 0 Å². The Labute approximate surface area is 135 Å². The van der Waals surface area contributed by atoms with E-state index in [2.05, 4.69) is 20.0 Å². The van der Waals surface area contributed by atoms with Crippen molar-refractivity contribution < 1.29 is 23.8 Å². The predicted octanol–water partition coefficient (Wildman–Crippen LogP) is 5.47. The first-order valence-corrected chi connectivity index (χ1v) is 7.99. The molecule has 112 valence electrons. The molecule has 0 aromatic heterocycles. The Hall–Kier alpha value is 0.328. The first kappa shape index (κ1) is 26.8. The molecule has 2 atom stereocenters. The summed E-state index contributed by atoms with van der Waals surface area (Å²) >= 11 is 0. The van der Waals surface area contributed by atoms with Gasteiger partial charge in [-0.25, -0.2) is 0 Å². The zero-order chi connectivity index (χ0) is 14.3. The monoisotopic (exact) mass is 447 g/mol. The fourth-order valence-corrected chi connectivity index (χ4v) is 0.457. The van der Waals surface area contributed by atoms with Crippen LogP contribution in [0.4, 0.5) is 0 Å². The van der Waals surface area contributed by atoms with Crippen LogP contribution < -0.4 is 0 Å². The molecule has 0 N–H and O–H groups in total. The number of nitroso groups, excluding NO2 is 1. The summed E-state index contributed by atoms with van der Waals surface area (Å²) in [6, 6.07) is 0. The van der Waals surface area contributed by atoms with Crippen molar-refractivity contribution in [1.82, 2.24) is 0 Å². The van der Waals surface area contributed by atoms with E-state index in [1.165, 1.54) is 0 Å². The second-order valence-corrected chi connectivity index (χ2v) is 6.36. The van der Waals surface area contributed by atoms with Crippen LogP contribution >= 0.6 is 7.92 Å². The standard InChI is InChI=1S/C6H9.C3H9P.C3H7.2CH3.NO.W/c1-2-4-6-5-3-1;1-4(2)3;1-3-2;;;1-2;/h1-3H,4-6H2;1-3H3;3H,1-2H3;2*1H3;;/q+1;;4*-1;/p+1/i4D,6D;;;;;;/t4-,6-;;;;;;/m0....../s1. The van der Waals surface area contributed by atoms with Crippen molar-refractivity contribution in [1.29, 1.82) is 0 Å². The number of allylic oxidation sites excluding steroid dienone is 2. The molecule has 4 heteroatoms. The molecule has 0 saturated carbocycles. The minimum Gasteiger partial charge on any atom is -0.577 e. The van der Waals surface area contributed by atoms with E-state index in [1.54, 1.807) is 6.42 Å². The molecule has 0 aromatic rings. The Morgan fingerprint density at radius 1 is 1.28 bits per heavy atom. The van der Waals surface area contributed by atoms with Gasteiger partial charge in [-0.15, -0.1) is 0 Å². The van der Waals surface area contributed by atoms with Crippen LogP contribution in [0.15, 0.2) is 12.2 Å². The van der Waals surface area contributed by atoms with Crippen molar-refractivity contribution in [2.75, 3.05) is 20.0 Å². The number of nitrogens with zero attached hydrogens (tertiary/aromatic N) is 1. The molecule has 2 nitrogen and oxygen atoms in total. The zero-order valence-electron chi connectivity index (χ0n) is 14.9. The third-order valence-electron chi connectivity index (χ3n) is 0.767. The molecule has 0 bridgehead atoms. The van der Waals surface area contributed by atoms with Gasteiger partial charge >= 0.3 is 0 Å². The molecule has 0 unspecified atom stereocenters. The van der Waals surface area contributed by atoms with Crippen molar-refractivity contribution in [3.8, 4) is 0 Å². The average molecular weight is 447 g/mol. The molecule has 0 saturated heterocycles.